The number of nitrogens with one attached hydrogen (secondary N) is 1. The van der Waals surface area contributed by atoms with Crippen LogP contribution in [-0.4, -0.2) is 13.1 Å². The first-order valence-electron chi connectivity index (χ1n) is 4.15. The molecule has 0 rings (SSSR count). The van der Waals surface area contributed by atoms with Gasteiger partial charge in [0.25, 0.3) is 0 Å². The van der Waals surface area contributed by atoms with Crippen molar-refractivity contribution in [3.8, 4) is 0 Å². The van der Waals surface area contributed by atoms with Gasteiger partial charge in [-0.1, -0.05) is 25.8 Å². The predicted molar refractivity (Wildman–Crippen MR) is 42.6 cm³/mol. The minimum atomic E-state index is -0.0991. The topological polar surface area (TPSA) is 12.0 Å². The van der Waals surface area contributed by atoms with Gasteiger partial charge in [-0.25, -0.2) is 0 Å². The van der Waals surface area contributed by atoms with Crippen LogP contribution in [0.5, 0.6) is 0 Å². The van der Waals surface area contributed by atoms with Crippen LogP contribution in [0.25, 0.3) is 0 Å². The molecule has 0 fully saturated rings. The SMILES string of the molecule is [2H]C(CCCC)NCC=C. The summed E-state index contributed by atoms with van der Waals surface area (Å²) in [5, 5.41) is 3.02. The van der Waals surface area contributed by atoms with Gasteiger partial charge >= 0.3 is 0 Å². The summed E-state index contributed by atoms with van der Waals surface area (Å²) in [5.41, 5.74) is 0. The van der Waals surface area contributed by atoms with Gasteiger partial charge in [-0.15, -0.1) is 6.58 Å². The molecular weight excluding hydrogens is 110 g/mol. The molecule has 0 amide bonds. The largest absolute Gasteiger partial charge is 0.313 e. The Labute approximate surface area is 59.6 Å². The van der Waals surface area contributed by atoms with Gasteiger partial charge in [0.05, 0.1) is 0 Å². The van der Waals surface area contributed by atoms with Crippen molar-refractivity contribution < 1.29 is 1.37 Å². The van der Waals surface area contributed by atoms with E-state index in [0.717, 1.165) is 19.4 Å². The summed E-state index contributed by atoms with van der Waals surface area (Å²) < 4.78 is 7.42. The van der Waals surface area contributed by atoms with E-state index in [4.69, 9.17) is 1.37 Å². The molecule has 0 saturated heterocycles. The number of hydrogen-bond donors (Lipinski definition) is 1. The smallest absolute Gasteiger partial charge is 0.0428 e. The minimum Gasteiger partial charge on any atom is -0.313 e. The summed E-state index contributed by atoms with van der Waals surface area (Å²) in [6.07, 6.45) is 5.04. The third-order valence-electron chi connectivity index (χ3n) is 1.11. The normalized spacial score (nSPS) is 14.6. The molecular formula is C8H17N. The number of hydrogen-bond acceptors (Lipinski definition) is 1. The molecule has 0 aliphatic rings. The van der Waals surface area contributed by atoms with E-state index in [-0.39, 0.29) is 6.52 Å². The standard InChI is InChI=1S/C8H17N/c1-3-5-6-8-9-7-4-2/h4,9H,2-3,5-8H2,1H3/i8D. The van der Waals surface area contributed by atoms with Crippen molar-refractivity contribution in [2.24, 2.45) is 0 Å². The van der Waals surface area contributed by atoms with Crippen molar-refractivity contribution in [1.82, 2.24) is 5.32 Å². The van der Waals surface area contributed by atoms with Crippen molar-refractivity contribution in [2.75, 3.05) is 13.1 Å². The van der Waals surface area contributed by atoms with Crippen molar-refractivity contribution in [3.05, 3.63) is 12.7 Å². The maximum absolute atomic E-state index is 7.42. The Bertz CT molecular complexity index is 83.3. The Balaban J connectivity index is 3.07. The van der Waals surface area contributed by atoms with E-state index in [9.17, 15) is 0 Å². The van der Waals surface area contributed by atoms with E-state index in [2.05, 4.69) is 18.8 Å². The lowest BCUT2D eigenvalue weighted by Crippen LogP contribution is -2.14. The van der Waals surface area contributed by atoms with Crippen LogP contribution in [-0.2, 0) is 0 Å². The first kappa shape index (κ1) is 6.81. The van der Waals surface area contributed by atoms with Gasteiger partial charge in [-0.05, 0) is 12.9 Å². The van der Waals surface area contributed by atoms with E-state index in [0.29, 0.717) is 0 Å². The fourth-order valence-corrected chi connectivity index (χ4v) is 0.575. The molecule has 1 unspecified atom stereocenters. The average Bonchev–Trinajstić information content (AvgIpc) is 1.97. The van der Waals surface area contributed by atoms with Crippen molar-refractivity contribution in [3.63, 3.8) is 0 Å². The summed E-state index contributed by atoms with van der Waals surface area (Å²) in [5.74, 6) is 0. The fraction of sp³-hybridized carbons (Fsp3) is 0.750. The van der Waals surface area contributed by atoms with Crippen LogP contribution in [0.1, 0.15) is 27.6 Å². The summed E-state index contributed by atoms with van der Waals surface area (Å²) in [6.45, 7) is 6.35. The van der Waals surface area contributed by atoms with Crippen molar-refractivity contribution in [1.29, 1.82) is 0 Å². The molecule has 0 heterocycles. The Kier molecular flexibility index (Phi) is 5.83. The van der Waals surface area contributed by atoms with Gasteiger partial charge in [-0.2, -0.15) is 0 Å². The zero-order valence-corrected chi connectivity index (χ0v) is 6.19. The minimum absolute atomic E-state index is 0.0991. The third-order valence-corrected chi connectivity index (χ3v) is 1.11. The first-order chi connectivity index (χ1) is 4.81. The van der Waals surface area contributed by atoms with Gasteiger partial charge in [0.15, 0.2) is 0 Å². The summed E-state index contributed by atoms with van der Waals surface area (Å²) >= 11 is 0. The molecule has 0 bridgehead atoms. The maximum Gasteiger partial charge on any atom is 0.0428 e. The number of rotatable bonds is 6. The number of unbranched alkanes of at least 4 members (excludes halogenated alkanes) is 1. The van der Waals surface area contributed by atoms with E-state index >= 15 is 0 Å². The van der Waals surface area contributed by atoms with Crippen LogP contribution in [0.2, 0.25) is 0 Å². The van der Waals surface area contributed by atoms with Gasteiger partial charge in [0.2, 0.25) is 0 Å². The van der Waals surface area contributed by atoms with Gasteiger partial charge < -0.3 is 5.32 Å². The lowest BCUT2D eigenvalue weighted by molar-refractivity contribution is 0.647. The molecule has 0 aromatic heterocycles. The molecule has 0 aromatic rings. The maximum atomic E-state index is 7.42. The van der Waals surface area contributed by atoms with Crippen LogP contribution in [0.3, 0.4) is 0 Å². The molecule has 0 aliphatic carbocycles. The lowest BCUT2D eigenvalue weighted by Gasteiger charge is -1.98. The summed E-state index contributed by atoms with van der Waals surface area (Å²) in [6, 6.07) is 0. The summed E-state index contributed by atoms with van der Waals surface area (Å²) in [4.78, 5) is 0. The monoisotopic (exact) mass is 128 g/mol. The van der Waals surface area contributed by atoms with Crippen LogP contribution < -0.4 is 5.32 Å². The Hall–Kier alpha value is -0.300. The molecule has 1 heteroatoms. The highest BCUT2D eigenvalue weighted by Gasteiger charge is 1.82. The molecule has 9 heavy (non-hydrogen) atoms. The van der Waals surface area contributed by atoms with E-state index in [1.165, 1.54) is 6.42 Å². The molecule has 0 aliphatic heterocycles. The highest BCUT2D eigenvalue weighted by Crippen LogP contribution is 1.90. The molecule has 54 valence electrons. The van der Waals surface area contributed by atoms with E-state index in [1.807, 2.05) is 0 Å². The third kappa shape index (κ3) is 7.70. The molecule has 0 radical (unpaired) electrons. The summed E-state index contributed by atoms with van der Waals surface area (Å²) in [7, 11) is 0. The fourth-order valence-electron chi connectivity index (χ4n) is 0.575. The lowest BCUT2D eigenvalue weighted by atomic mass is 10.2. The molecule has 0 aromatic carbocycles. The van der Waals surface area contributed by atoms with E-state index < -0.39 is 0 Å². The second kappa shape index (κ2) is 7.70. The van der Waals surface area contributed by atoms with Crippen molar-refractivity contribution >= 4 is 0 Å². The van der Waals surface area contributed by atoms with Crippen LogP contribution in [0.15, 0.2) is 12.7 Å². The molecule has 1 atom stereocenters. The zero-order valence-electron chi connectivity index (χ0n) is 7.19. The molecule has 0 saturated carbocycles. The Morgan fingerprint density at radius 2 is 2.44 bits per heavy atom. The molecule has 1 nitrogen and oxygen atoms in total. The first-order valence-corrected chi connectivity index (χ1v) is 3.57. The second-order valence-corrected chi connectivity index (χ2v) is 2.04. The Morgan fingerprint density at radius 1 is 1.67 bits per heavy atom. The van der Waals surface area contributed by atoms with Gasteiger partial charge in [0.1, 0.15) is 0 Å². The van der Waals surface area contributed by atoms with Crippen LogP contribution >= 0.6 is 0 Å². The molecule has 0 spiro atoms. The molecule has 1 N–H and O–H groups in total. The van der Waals surface area contributed by atoms with Crippen LogP contribution in [0.4, 0.5) is 0 Å². The Morgan fingerprint density at radius 3 is 3.00 bits per heavy atom. The van der Waals surface area contributed by atoms with Gasteiger partial charge in [0, 0.05) is 7.92 Å². The highest BCUT2D eigenvalue weighted by molar-refractivity contribution is 4.68. The van der Waals surface area contributed by atoms with E-state index in [1.54, 1.807) is 6.08 Å². The van der Waals surface area contributed by atoms with Crippen molar-refractivity contribution in [2.45, 2.75) is 26.2 Å². The highest BCUT2D eigenvalue weighted by atomic mass is 14.8. The second-order valence-electron chi connectivity index (χ2n) is 2.04. The zero-order chi connectivity index (χ0) is 7.82. The van der Waals surface area contributed by atoms with Crippen LogP contribution in [0, 0.1) is 0 Å². The quantitative estimate of drug-likeness (QED) is 0.539. The van der Waals surface area contributed by atoms with Gasteiger partial charge in [-0.3, -0.25) is 0 Å². The average molecular weight is 128 g/mol. The predicted octanol–water partition coefficient (Wildman–Crippen LogP) is 1.95.